The lowest BCUT2D eigenvalue weighted by Gasteiger charge is -2.10. The lowest BCUT2D eigenvalue weighted by molar-refractivity contribution is -0.144. The van der Waals surface area contributed by atoms with Gasteiger partial charge in [-0.3, -0.25) is 4.79 Å². The third-order valence-corrected chi connectivity index (χ3v) is 5.73. The number of rotatable bonds is 21. The van der Waals surface area contributed by atoms with Crippen molar-refractivity contribution in [2.24, 2.45) is 5.92 Å². The molecule has 0 saturated heterocycles. The Bertz CT molecular complexity index is 432. The molecule has 0 aromatic rings. The molecular formula is C28H52O2. The number of hydrogen-bond acceptors (Lipinski definition) is 2. The van der Waals surface area contributed by atoms with Crippen LogP contribution in [0.25, 0.3) is 0 Å². The van der Waals surface area contributed by atoms with Crippen molar-refractivity contribution in [2.75, 3.05) is 6.61 Å². The van der Waals surface area contributed by atoms with Gasteiger partial charge in [0.15, 0.2) is 0 Å². The van der Waals surface area contributed by atoms with Crippen molar-refractivity contribution >= 4 is 5.97 Å². The summed E-state index contributed by atoms with van der Waals surface area (Å²) in [5, 5.41) is 0. The lowest BCUT2D eigenvalue weighted by Crippen LogP contribution is -2.08. The largest absolute Gasteiger partial charge is 0.466 e. The maximum atomic E-state index is 11.8. The van der Waals surface area contributed by atoms with Crippen LogP contribution in [-0.2, 0) is 9.53 Å². The molecule has 0 spiro atoms. The van der Waals surface area contributed by atoms with Crippen LogP contribution < -0.4 is 0 Å². The molecular weight excluding hydrogens is 368 g/mol. The Morgan fingerprint density at radius 3 is 1.93 bits per heavy atom. The summed E-state index contributed by atoms with van der Waals surface area (Å²) in [6.45, 7) is 9.38. The first-order valence-electron chi connectivity index (χ1n) is 13.0. The van der Waals surface area contributed by atoms with Gasteiger partial charge in [-0.15, -0.1) is 0 Å². The molecule has 0 heterocycles. The van der Waals surface area contributed by atoms with Gasteiger partial charge in [0.25, 0.3) is 0 Å². The monoisotopic (exact) mass is 420 g/mol. The van der Waals surface area contributed by atoms with E-state index in [1.807, 2.05) is 0 Å². The van der Waals surface area contributed by atoms with Gasteiger partial charge in [0.2, 0.25) is 0 Å². The predicted molar refractivity (Wildman–Crippen MR) is 133 cm³/mol. The fraction of sp³-hybridized carbons (Fsp3) is 0.821. The molecule has 0 unspecified atom stereocenters. The van der Waals surface area contributed by atoms with Gasteiger partial charge in [0.05, 0.1) is 6.61 Å². The van der Waals surface area contributed by atoms with Crippen molar-refractivity contribution < 1.29 is 9.53 Å². The van der Waals surface area contributed by atoms with Gasteiger partial charge in [-0.1, -0.05) is 89.0 Å². The Morgan fingerprint density at radius 1 is 0.767 bits per heavy atom. The lowest BCUT2D eigenvalue weighted by atomic mass is 10.0. The third kappa shape index (κ3) is 23.2. The van der Waals surface area contributed by atoms with E-state index in [2.05, 4.69) is 45.9 Å². The first-order chi connectivity index (χ1) is 14.6. The zero-order valence-corrected chi connectivity index (χ0v) is 20.9. The Kier molecular flexibility index (Phi) is 21.8. The zero-order valence-electron chi connectivity index (χ0n) is 20.9. The Labute approximate surface area is 188 Å². The van der Waals surface area contributed by atoms with Crippen LogP contribution in [0.3, 0.4) is 0 Å². The SMILES string of the molecule is CCCCCCCC/C=C\CCCCCCCC(=O)OCC[C@H](C)CCC=C(C)C. The zero-order chi connectivity index (χ0) is 22.3. The summed E-state index contributed by atoms with van der Waals surface area (Å²) in [5.74, 6) is 0.609. The predicted octanol–water partition coefficient (Wildman–Crippen LogP) is 9.34. The van der Waals surface area contributed by atoms with Gasteiger partial charge in [-0.2, -0.15) is 0 Å². The number of unbranched alkanes of at least 4 members (excludes halogenated alkanes) is 11. The van der Waals surface area contributed by atoms with E-state index >= 15 is 0 Å². The van der Waals surface area contributed by atoms with E-state index in [9.17, 15) is 4.79 Å². The molecule has 1 atom stereocenters. The second-order valence-corrected chi connectivity index (χ2v) is 9.31. The summed E-state index contributed by atoms with van der Waals surface area (Å²) in [6, 6.07) is 0. The minimum absolute atomic E-state index is 0.0101. The molecule has 2 heteroatoms. The second kappa shape index (κ2) is 22.6. The molecule has 176 valence electrons. The van der Waals surface area contributed by atoms with Crippen LogP contribution in [0.5, 0.6) is 0 Å². The minimum atomic E-state index is -0.0101. The van der Waals surface area contributed by atoms with Gasteiger partial charge in [-0.25, -0.2) is 0 Å². The Morgan fingerprint density at radius 2 is 1.33 bits per heavy atom. The maximum absolute atomic E-state index is 11.8. The van der Waals surface area contributed by atoms with E-state index < -0.39 is 0 Å². The summed E-state index contributed by atoms with van der Waals surface area (Å²) in [4.78, 5) is 11.8. The molecule has 2 nitrogen and oxygen atoms in total. The molecule has 0 bridgehead atoms. The highest BCUT2D eigenvalue weighted by atomic mass is 16.5. The Balaban J connectivity index is 3.35. The van der Waals surface area contributed by atoms with Crippen molar-refractivity contribution in [1.29, 1.82) is 0 Å². The molecule has 0 rings (SSSR count). The first-order valence-corrected chi connectivity index (χ1v) is 13.0. The van der Waals surface area contributed by atoms with Gasteiger partial charge < -0.3 is 4.74 Å². The highest BCUT2D eigenvalue weighted by Gasteiger charge is 2.05. The molecule has 0 amide bonds. The topological polar surface area (TPSA) is 26.3 Å². The quantitative estimate of drug-likeness (QED) is 0.105. The highest BCUT2D eigenvalue weighted by Crippen LogP contribution is 2.13. The van der Waals surface area contributed by atoms with Crippen LogP contribution in [0, 0.1) is 5.92 Å². The van der Waals surface area contributed by atoms with Gasteiger partial charge in [0.1, 0.15) is 0 Å². The average Bonchev–Trinajstić information content (AvgIpc) is 2.70. The van der Waals surface area contributed by atoms with Crippen molar-refractivity contribution in [3.05, 3.63) is 23.8 Å². The molecule has 0 aliphatic carbocycles. The van der Waals surface area contributed by atoms with Crippen LogP contribution in [-0.4, -0.2) is 12.6 Å². The Hall–Kier alpha value is -1.05. The average molecular weight is 421 g/mol. The van der Waals surface area contributed by atoms with E-state index in [1.54, 1.807) is 0 Å². The fourth-order valence-electron chi connectivity index (χ4n) is 3.59. The molecule has 30 heavy (non-hydrogen) atoms. The van der Waals surface area contributed by atoms with Crippen LogP contribution in [0.4, 0.5) is 0 Å². The number of ether oxygens (including phenoxy) is 1. The summed E-state index contributed by atoms with van der Waals surface area (Å²) >= 11 is 0. The molecule has 0 aromatic heterocycles. The summed E-state index contributed by atoms with van der Waals surface area (Å²) in [5.41, 5.74) is 1.38. The number of hydrogen-bond donors (Lipinski definition) is 0. The molecule has 0 N–H and O–H groups in total. The fourth-order valence-corrected chi connectivity index (χ4v) is 3.59. The van der Waals surface area contributed by atoms with E-state index in [-0.39, 0.29) is 5.97 Å². The normalized spacial score (nSPS) is 12.3. The maximum Gasteiger partial charge on any atom is 0.305 e. The highest BCUT2D eigenvalue weighted by molar-refractivity contribution is 5.69. The van der Waals surface area contributed by atoms with Crippen LogP contribution in [0.2, 0.25) is 0 Å². The smallest absolute Gasteiger partial charge is 0.305 e. The van der Waals surface area contributed by atoms with Gasteiger partial charge in [-0.05, 0) is 71.1 Å². The number of allylic oxidation sites excluding steroid dienone is 4. The minimum Gasteiger partial charge on any atom is -0.466 e. The molecule has 0 aliphatic rings. The van der Waals surface area contributed by atoms with Gasteiger partial charge in [0, 0.05) is 6.42 Å². The third-order valence-electron chi connectivity index (χ3n) is 5.73. The molecule has 0 aliphatic heterocycles. The van der Waals surface area contributed by atoms with Crippen molar-refractivity contribution in [3.8, 4) is 0 Å². The van der Waals surface area contributed by atoms with Crippen molar-refractivity contribution in [2.45, 2.75) is 137 Å². The molecule has 0 fully saturated rings. The standard InChI is InChI=1S/C28H52O2/c1-5-6-7-8-9-10-11-12-13-14-15-16-17-18-19-23-28(29)30-25-24-27(4)22-20-21-26(2)3/h12-13,21,27H,5-11,14-20,22-25H2,1-4H3/b13-12-/t27-/m1/s1. The first kappa shape index (κ1) is 28.9. The number of esters is 1. The number of carbonyl (C=O) groups is 1. The van der Waals surface area contributed by atoms with E-state index in [4.69, 9.17) is 4.74 Å². The molecule has 0 saturated carbocycles. The summed E-state index contributed by atoms with van der Waals surface area (Å²) < 4.78 is 5.40. The van der Waals surface area contributed by atoms with Gasteiger partial charge >= 0.3 is 5.97 Å². The van der Waals surface area contributed by atoms with Crippen LogP contribution in [0.1, 0.15) is 137 Å². The van der Waals surface area contributed by atoms with Crippen LogP contribution in [0.15, 0.2) is 23.8 Å². The second-order valence-electron chi connectivity index (χ2n) is 9.31. The van der Waals surface area contributed by atoms with E-state index in [0.29, 0.717) is 18.9 Å². The van der Waals surface area contributed by atoms with Crippen molar-refractivity contribution in [1.82, 2.24) is 0 Å². The van der Waals surface area contributed by atoms with Crippen molar-refractivity contribution in [3.63, 3.8) is 0 Å². The molecule has 0 radical (unpaired) electrons. The van der Waals surface area contributed by atoms with E-state index in [1.165, 1.54) is 82.6 Å². The van der Waals surface area contributed by atoms with E-state index in [0.717, 1.165) is 25.7 Å². The summed E-state index contributed by atoms with van der Waals surface area (Å²) in [6.07, 6.45) is 27.6. The number of carbonyl (C=O) groups excluding carboxylic acids is 1. The summed E-state index contributed by atoms with van der Waals surface area (Å²) in [7, 11) is 0. The van der Waals surface area contributed by atoms with Crippen LogP contribution >= 0.6 is 0 Å². The molecule has 0 aromatic carbocycles.